The maximum absolute atomic E-state index is 5.53. The SMILES string of the molecule is CC#CCCC(NN)c1cnn(C)c1C. The van der Waals surface area contributed by atoms with Crippen LogP contribution in [-0.2, 0) is 7.05 Å². The molecule has 0 amide bonds. The quantitative estimate of drug-likeness (QED) is 0.439. The van der Waals surface area contributed by atoms with Gasteiger partial charge in [0.2, 0.25) is 0 Å². The smallest absolute Gasteiger partial charge is 0.0540 e. The molecule has 4 heteroatoms. The first-order chi connectivity index (χ1) is 7.20. The molecule has 0 aliphatic heterocycles. The summed E-state index contributed by atoms with van der Waals surface area (Å²) in [5, 5.41) is 4.20. The van der Waals surface area contributed by atoms with Gasteiger partial charge in [-0.05, 0) is 20.3 Å². The molecular weight excluding hydrogens is 188 g/mol. The molecule has 0 aliphatic carbocycles. The highest BCUT2D eigenvalue weighted by atomic mass is 15.3. The molecule has 0 fully saturated rings. The van der Waals surface area contributed by atoms with E-state index in [1.165, 1.54) is 0 Å². The van der Waals surface area contributed by atoms with Gasteiger partial charge in [-0.3, -0.25) is 16.0 Å². The summed E-state index contributed by atoms with van der Waals surface area (Å²) in [6.45, 7) is 3.89. The molecule has 1 aromatic heterocycles. The van der Waals surface area contributed by atoms with Crippen LogP contribution in [0.25, 0.3) is 0 Å². The van der Waals surface area contributed by atoms with Crippen LogP contribution in [0, 0.1) is 18.8 Å². The first-order valence-electron chi connectivity index (χ1n) is 5.05. The third-order valence-electron chi connectivity index (χ3n) is 2.58. The van der Waals surface area contributed by atoms with Gasteiger partial charge in [0.25, 0.3) is 0 Å². The number of rotatable bonds is 4. The lowest BCUT2D eigenvalue weighted by Crippen LogP contribution is -2.28. The largest absolute Gasteiger partial charge is 0.273 e. The number of nitrogens with zero attached hydrogens (tertiary/aromatic N) is 2. The second-order valence-electron chi connectivity index (χ2n) is 3.49. The zero-order valence-corrected chi connectivity index (χ0v) is 9.54. The van der Waals surface area contributed by atoms with E-state index in [0.29, 0.717) is 0 Å². The lowest BCUT2D eigenvalue weighted by atomic mass is 10.0. The average molecular weight is 206 g/mol. The van der Waals surface area contributed by atoms with E-state index in [-0.39, 0.29) is 6.04 Å². The predicted octanol–water partition coefficient (Wildman–Crippen LogP) is 1.04. The van der Waals surface area contributed by atoms with Crippen molar-refractivity contribution in [1.29, 1.82) is 0 Å². The molecule has 0 spiro atoms. The number of nitrogens with one attached hydrogen (secondary N) is 1. The highest BCUT2D eigenvalue weighted by Gasteiger charge is 2.14. The fourth-order valence-electron chi connectivity index (χ4n) is 1.53. The van der Waals surface area contributed by atoms with Crippen molar-refractivity contribution in [2.75, 3.05) is 0 Å². The van der Waals surface area contributed by atoms with E-state index < -0.39 is 0 Å². The Morgan fingerprint density at radius 1 is 1.67 bits per heavy atom. The Balaban J connectivity index is 2.72. The van der Waals surface area contributed by atoms with Crippen molar-refractivity contribution in [3.8, 4) is 11.8 Å². The molecule has 15 heavy (non-hydrogen) atoms. The van der Waals surface area contributed by atoms with Gasteiger partial charge in [0.05, 0.1) is 12.2 Å². The summed E-state index contributed by atoms with van der Waals surface area (Å²) >= 11 is 0. The van der Waals surface area contributed by atoms with Gasteiger partial charge in [-0.2, -0.15) is 5.10 Å². The molecule has 1 heterocycles. The summed E-state index contributed by atoms with van der Waals surface area (Å²) in [5.74, 6) is 11.4. The monoisotopic (exact) mass is 206 g/mol. The Bertz CT molecular complexity index is 370. The molecule has 0 aromatic carbocycles. The third-order valence-corrected chi connectivity index (χ3v) is 2.58. The fourth-order valence-corrected chi connectivity index (χ4v) is 1.53. The molecule has 0 saturated heterocycles. The Labute approximate surface area is 90.8 Å². The van der Waals surface area contributed by atoms with Crippen molar-refractivity contribution in [3.63, 3.8) is 0 Å². The predicted molar refractivity (Wildman–Crippen MR) is 60.7 cm³/mol. The Hall–Kier alpha value is -1.31. The van der Waals surface area contributed by atoms with E-state index in [1.807, 2.05) is 31.8 Å². The molecule has 82 valence electrons. The van der Waals surface area contributed by atoms with Crippen molar-refractivity contribution >= 4 is 0 Å². The topological polar surface area (TPSA) is 55.9 Å². The molecule has 1 aromatic rings. The van der Waals surface area contributed by atoms with Crippen molar-refractivity contribution in [2.45, 2.75) is 32.7 Å². The second kappa shape index (κ2) is 5.54. The highest BCUT2D eigenvalue weighted by molar-refractivity contribution is 5.20. The van der Waals surface area contributed by atoms with E-state index in [4.69, 9.17) is 5.84 Å². The first kappa shape index (κ1) is 11.8. The van der Waals surface area contributed by atoms with Gasteiger partial charge < -0.3 is 0 Å². The number of nitrogens with two attached hydrogens (primary N) is 1. The van der Waals surface area contributed by atoms with Gasteiger partial charge in [-0.15, -0.1) is 11.8 Å². The number of hydrogen-bond acceptors (Lipinski definition) is 3. The standard InChI is InChI=1S/C11H18N4/c1-4-5-6-7-11(14-12)10-8-13-15(3)9(10)2/h8,11,14H,6-7,12H2,1-3H3. The molecule has 1 unspecified atom stereocenters. The van der Waals surface area contributed by atoms with Crippen LogP contribution in [0.1, 0.15) is 37.1 Å². The molecule has 3 N–H and O–H groups in total. The van der Waals surface area contributed by atoms with Crippen LogP contribution in [0.5, 0.6) is 0 Å². The summed E-state index contributed by atoms with van der Waals surface area (Å²) in [6.07, 6.45) is 3.61. The highest BCUT2D eigenvalue weighted by Crippen LogP contribution is 2.20. The lowest BCUT2D eigenvalue weighted by molar-refractivity contribution is 0.520. The van der Waals surface area contributed by atoms with Gasteiger partial charge >= 0.3 is 0 Å². The maximum atomic E-state index is 5.53. The number of aryl methyl sites for hydroxylation is 1. The third kappa shape index (κ3) is 2.82. The van der Waals surface area contributed by atoms with Crippen molar-refractivity contribution in [1.82, 2.24) is 15.2 Å². The van der Waals surface area contributed by atoms with Crippen LogP contribution in [0.2, 0.25) is 0 Å². The zero-order chi connectivity index (χ0) is 11.3. The van der Waals surface area contributed by atoms with E-state index in [2.05, 4.69) is 22.4 Å². The minimum Gasteiger partial charge on any atom is -0.273 e. The number of hydrazine groups is 1. The van der Waals surface area contributed by atoms with Crippen LogP contribution in [0.4, 0.5) is 0 Å². The average Bonchev–Trinajstić information content (AvgIpc) is 2.56. The van der Waals surface area contributed by atoms with Crippen LogP contribution >= 0.6 is 0 Å². The van der Waals surface area contributed by atoms with Crippen molar-refractivity contribution < 1.29 is 0 Å². The van der Waals surface area contributed by atoms with E-state index in [0.717, 1.165) is 24.1 Å². The molecule has 4 nitrogen and oxygen atoms in total. The summed E-state index contributed by atoms with van der Waals surface area (Å²) in [4.78, 5) is 0. The molecule has 1 atom stereocenters. The van der Waals surface area contributed by atoms with Crippen LogP contribution in [0.3, 0.4) is 0 Å². The van der Waals surface area contributed by atoms with E-state index in [9.17, 15) is 0 Å². The Morgan fingerprint density at radius 2 is 2.40 bits per heavy atom. The summed E-state index contributed by atoms with van der Waals surface area (Å²) < 4.78 is 1.85. The fraction of sp³-hybridized carbons (Fsp3) is 0.545. The van der Waals surface area contributed by atoms with Crippen LogP contribution < -0.4 is 11.3 Å². The van der Waals surface area contributed by atoms with E-state index >= 15 is 0 Å². The van der Waals surface area contributed by atoms with Gasteiger partial charge in [0.15, 0.2) is 0 Å². The minimum absolute atomic E-state index is 0.138. The molecule has 1 rings (SSSR count). The van der Waals surface area contributed by atoms with Gasteiger partial charge in [0.1, 0.15) is 0 Å². The zero-order valence-electron chi connectivity index (χ0n) is 9.54. The van der Waals surface area contributed by atoms with Crippen molar-refractivity contribution in [2.24, 2.45) is 12.9 Å². The second-order valence-corrected chi connectivity index (χ2v) is 3.49. The number of hydrogen-bond donors (Lipinski definition) is 2. The maximum Gasteiger partial charge on any atom is 0.0540 e. The Kier molecular flexibility index (Phi) is 4.35. The van der Waals surface area contributed by atoms with Crippen LogP contribution in [0.15, 0.2) is 6.20 Å². The van der Waals surface area contributed by atoms with Crippen molar-refractivity contribution in [3.05, 3.63) is 17.5 Å². The lowest BCUT2D eigenvalue weighted by Gasteiger charge is -2.13. The first-order valence-corrected chi connectivity index (χ1v) is 5.05. The normalized spacial score (nSPS) is 12.0. The molecule has 0 bridgehead atoms. The van der Waals surface area contributed by atoms with Gasteiger partial charge in [0, 0.05) is 24.7 Å². The van der Waals surface area contributed by atoms with E-state index in [1.54, 1.807) is 0 Å². The van der Waals surface area contributed by atoms with Gasteiger partial charge in [-0.1, -0.05) is 0 Å². The van der Waals surface area contributed by atoms with Gasteiger partial charge in [-0.25, -0.2) is 0 Å². The molecular formula is C11H18N4. The molecule has 0 radical (unpaired) electrons. The Morgan fingerprint density at radius 3 is 2.87 bits per heavy atom. The summed E-state index contributed by atoms with van der Waals surface area (Å²) in [7, 11) is 1.93. The number of aromatic nitrogens is 2. The molecule has 0 saturated carbocycles. The van der Waals surface area contributed by atoms with Crippen LogP contribution in [-0.4, -0.2) is 9.78 Å². The summed E-state index contributed by atoms with van der Waals surface area (Å²) in [6, 6.07) is 0.138. The minimum atomic E-state index is 0.138. The summed E-state index contributed by atoms with van der Waals surface area (Å²) in [5.41, 5.74) is 5.10. The molecule has 0 aliphatic rings.